The second-order valence-corrected chi connectivity index (χ2v) is 1.51. The third-order valence-electron chi connectivity index (χ3n) is 0.758. The molecule has 4 heteroatoms. The molecule has 0 bridgehead atoms. The highest BCUT2D eigenvalue weighted by Crippen LogP contribution is 1.88. The summed E-state index contributed by atoms with van der Waals surface area (Å²) in [6, 6.07) is 0. The first-order valence-electron chi connectivity index (χ1n) is 2.54. The van der Waals surface area contributed by atoms with Crippen molar-refractivity contribution in [2.75, 3.05) is 6.54 Å². The molecule has 0 radical (unpaired) electrons. The molecule has 0 spiro atoms. The minimum absolute atomic E-state index is 0.251. The van der Waals surface area contributed by atoms with Gasteiger partial charge < -0.3 is 0 Å². The first-order chi connectivity index (χ1) is 4.31. The van der Waals surface area contributed by atoms with Crippen LogP contribution in [0.2, 0.25) is 0 Å². The van der Waals surface area contributed by atoms with Gasteiger partial charge in [-0.1, -0.05) is 6.58 Å². The highest BCUT2D eigenvalue weighted by atomic mass is 19.2. The van der Waals surface area contributed by atoms with Crippen molar-refractivity contribution < 1.29 is 4.48 Å². The van der Waals surface area contributed by atoms with Crippen LogP contribution in [0.5, 0.6) is 0 Å². The molecule has 2 N–H and O–H groups in total. The van der Waals surface area contributed by atoms with Crippen LogP contribution in [0.1, 0.15) is 6.42 Å². The molecule has 9 heavy (non-hydrogen) atoms. The van der Waals surface area contributed by atoms with E-state index in [1.165, 1.54) is 5.54 Å². The Hall–Kier alpha value is -0.900. The fourth-order valence-corrected chi connectivity index (χ4v) is 0.366. The number of nitrogens with one attached hydrogen (secondary N) is 2. The average Bonchev–Trinajstić information content (AvgIpc) is 1.85. The molecule has 0 aliphatic carbocycles. The van der Waals surface area contributed by atoms with Gasteiger partial charge in [0, 0.05) is 25.4 Å². The summed E-state index contributed by atoms with van der Waals surface area (Å²) in [4.78, 5) is 0. The predicted octanol–water partition coefficient (Wildman–Crippen LogP) is 0.569. The number of rotatable bonds is 5. The molecule has 0 amide bonds. The minimum Gasteiger partial charge on any atom is -0.284 e. The van der Waals surface area contributed by atoms with Crippen LogP contribution in [0.3, 0.4) is 0 Å². The summed E-state index contributed by atoms with van der Waals surface area (Å²) in [5, 5.41) is 3.34. The molecule has 0 aromatic heterocycles. The van der Waals surface area contributed by atoms with Gasteiger partial charge in [0.15, 0.2) is 0 Å². The van der Waals surface area contributed by atoms with Gasteiger partial charge in [-0.3, -0.25) is 5.43 Å². The fourth-order valence-electron chi connectivity index (χ4n) is 0.366. The zero-order valence-electron chi connectivity index (χ0n) is 5.15. The predicted molar refractivity (Wildman–Crippen MR) is 35.6 cm³/mol. The summed E-state index contributed by atoms with van der Waals surface area (Å²) < 4.78 is 11.2. The van der Waals surface area contributed by atoms with Crippen LogP contribution in [0.15, 0.2) is 17.4 Å². The van der Waals surface area contributed by atoms with Crippen LogP contribution in [-0.4, -0.2) is 13.3 Å². The number of halogens is 1. The van der Waals surface area contributed by atoms with E-state index in [0.717, 1.165) is 0 Å². The highest BCUT2D eigenvalue weighted by molar-refractivity contribution is 5.23. The zero-order valence-corrected chi connectivity index (χ0v) is 5.15. The van der Waals surface area contributed by atoms with E-state index in [9.17, 15) is 4.48 Å². The summed E-state index contributed by atoms with van der Waals surface area (Å²) in [5.41, 5.74) is 4.64. The zero-order chi connectivity index (χ0) is 7.11. The van der Waals surface area contributed by atoms with Gasteiger partial charge in [0.1, 0.15) is 0 Å². The Kier molecular flexibility index (Phi) is 4.72. The molecular formula is C5H10FN3. The lowest BCUT2D eigenvalue weighted by Gasteiger charge is -2.00. The third kappa shape index (κ3) is 4.96. The van der Waals surface area contributed by atoms with Gasteiger partial charge >= 0.3 is 0 Å². The van der Waals surface area contributed by atoms with Gasteiger partial charge in [-0.05, 0) is 0 Å². The molecular weight excluding hydrogens is 121 g/mol. The molecule has 0 rings (SSSR count). The van der Waals surface area contributed by atoms with E-state index in [1.54, 1.807) is 0 Å². The van der Waals surface area contributed by atoms with Crippen LogP contribution in [0.4, 0.5) is 4.48 Å². The van der Waals surface area contributed by atoms with E-state index in [0.29, 0.717) is 12.1 Å². The number of hydrogen-bond acceptors (Lipinski definition) is 3. The maximum Gasteiger partial charge on any atom is 0.0314 e. The van der Waals surface area contributed by atoms with Crippen molar-refractivity contribution in [2.24, 2.45) is 5.10 Å². The van der Waals surface area contributed by atoms with E-state index < -0.39 is 0 Å². The van der Waals surface area contributed by atoms with Crippen LogP contribution in [0, 0.1) is 0 Å². The number of hydrazone groups is 1. The Morgan fingerprint density at radius 3 is 2.78 bits per heavy atom. The molecule has 0 aromatic carbocycles. The van der Waals surface area contributed by atoms with E-state index in [-0.39, 0.29) is 6.54 Å². The minimum atomic E-state index is 0.251. The quantitative estimate of drug-likeness (QED) is 0.325. The van der Waals surface area contributed by atoms with Crippen molar-refractivity contribution in [3.05, 3.63) is 12.3 Å². The number of hydrogen-bond donors (Lipinski definition) is 2. The Morgan fingerprint density at radius 2 is 2.33 bits per heavy atom. The van der Waals surface area contributed by atoms with Crippen molar-refractivity contribution in [2.45, 2.75) is 6.42 Å². The van der Waals surface area contributed by atoms with E-state index in [1.807, 2.05) is 0 Å². The summed E-state index contributed by atoms with van der Waals surface area (Å²) in [7, 11) is 0. The second kappa shape index (κ2) is 5.24. The molecule has 0 saturated heterocycles. The number of nitrogens with zero attached hydrogens (tertiary/aromatic N) is 1. The normalized spacial score (nSPS) is 8.56. The fraction of sp³-hybridized carbons (Fsp3) is 0.400. The summed E-state index contributed by atoms with van der Waals surface area (Å²) in [6.45, 7) is 6.95. The van der Waals surface area contributed by atoms with Crippen LogP contribution in [0.25, 0.3) is 0 Å². The second-order valence-electron chi connectivity index (χ2n) is 1.51. The van der Waals surface area contributed by atoms with Crippen LogP contribution in [-0.2, 0) is 0 Å². The lowest BCUT2D eigenvalue weighted by molar-refractivity contribution is 0.336. The Morgan fingerprint density at radius 1 is 1.67 bits per heavy atom. The summed E-state index contributed by atoms with van der Waals surface area (Å²) >= 11 is 0. The Bertz CT molecular complexity index is 102. The molecule has 52 valence electrons. The monoisotopic (exact) mass is 131 g/mol. The van der Waals surface area contributed by atoms with Crippen molar-refractivity contribution in [1.29, 1.82) is 0 Å². The highest BCUT2D eigenvalue weighted by Gasteiger charge is 1.88. The summed E-state index contributed by atoms with van der Waals surface area (Å²) in [5.74, 6) is 0. The van der Waals surface area contributed by atoms with Crippen molar-refractivity contribution in [3.8, 4) is 0 Å². The molecule has 0 atom stereocenters. The average molecular weight is 131 g/mol. The Labute approximate surface area is 53.6 Å². The smallest absolute Gasteiger partial charge is 0.0314 e. The molecule has 3 nitrogen and oxygen atoms in total. The van der Waals surface area contributed by atoms with Gasteiger partial charge in [0.05, 0.1) is 0 Å². The van der Waals surface area contributed by atoms with Gasteiger partial charge in [0.2, 0.25) is 0 Å². The first-order valence-corrected chi connectivity index (χ1v) is 2.54. The summed E-state index contributed by atoms with van der Waals surface area (Å²) in [6.07, 6.45) is 0.509. The van der Waals surface area contributed by atoms with Crippen molar-refractivity contribution in [3.63, 3.8) is 0 Å². The van der Waals surface area contributed by atoms with Crippen molar-refractivity contribution >= 4 is 6.72 Å². The van der Waals surface area contributed by atoms with E-state index in [4.69, 9.17) is 0 Å². The molecule has 0 aromatic rings. The SMILES string of the molecule is C=NNC(=C)CCNF. The molecule has 0 heterocycles. The largest absolute Gasteiger partial charge is 0.284 e. The molecule has 0 aliphatic heterocycles. The van der Waals surface area contributed by atoms with Gasteiger partial charge in [-0.25, -0.2) is 0 Å². The lowest BCUT2D eigenvalue weighted by Crippen LogP contribution is -2.10. The van der Waals surface area contributed by atoms with Gasteiger partial charge in [0.25, 0.3) is 0 Å². The van der Waals surface area contributed by atoms with Crippen LogP contribution >= 0.6 is 0 Å². The standard InChI is InChI=1S/C5H10FN3/c1-5(9-7-2)3-4-8-6/h8-9H,1-4H2. The van der Waals surface area contributed by atoms with Crippen LogP contribution < -0.4 is 11.0 Å². The lowest BCUT2D eigenvalue weighted by atomic mass is 10.3. The molecule has 0 saturated carbocycles. The van der Waals surface area contributed by atoms with E-state index >= 15 is 0 Å². The van der Waals surface area contributed by atoms with Gasteiger partial charge in [-0.15, -0.1) is 4.48 Å². The first kappa shape index (κ1) is 8.10. The Balaban J connectivity index is 3.16. The van der Waals surface area contributed by atoms with E-state index in [2.05, 4.69) is 23.8 Å². The van der Waals surface area contributed by atoms with Crippen molar-refractivity contribution in [1.82, 2.24) is 11.0 Å². The maximum atomic E-state index is 11.2. The maximum absolute atomic E-state index is 11.2. The molecule has 0 fully saturated rings. The molecule has 0 unspecified atom stereocenters. The third-order valence-corrected chi connectivity index (χ3v) is 0.758. The topological polar surface area (TPSA) is 36.4 Å². The van der Waals surface area contributed by atoms with Gasteiger partial charge in [-0.2, -0.15) is 10.6 Å². The molecule has 0 aliphatic rings.